The number of nitrogens with one attached hydrogen (secondary N) is 1. The third-order valence-corrected chi connectivity index (χ3v) is 4.86. The maximum absolute atomic E-state index is 12.1. The molecule has 0 saturated carbocycles. The molecule has 0 fully saturated rings. The largest absolute Gasteiger partial charge is 0.491 e. The van der Waals surface area contributed by atoms with E-state index in [0.29, 0.717) is 44.5 Å². The maximum atomic E-state index is 12.1. The summed E-state index contributed by atoms with van der Waals surface area (Å²) in [5, 5.41) is 3.93. The molecule has 2 aromatic carbocycles. The van der Waals surface area contributed by atoms with E-state index in [-0.39, 0.29) is 5.91 Å². The Morgan fingerprint density at radius 2 is 1.93 bits per heavy atom. The highest BCUT2D eigenvalue weighted by Crippen LogP contribution is 2.22. The molecule has 154 valence electrons. The highest BCUT2D eigenvalue weighted by atomic mass is 16.5. The van der Waals surface area contributed by atoms with Crippen molar-refractivity contribution in [3.63, 3.8) is 0 Å². The predicted molar refractivity (Wildman–Crippen MR) is 115 cm³/mol. The van der Waals surface area contributed by atoms with E-state index in [0.717, 1.165) is 22.2 Å². The number of rotatable bonds is 9. The second-order valence-electron chi connectivity index (χ2n) is 6.97. The minimum absolute atomic E-state index is 0.0392. The maximum Gasteiger partial charge on any atom is 0.419 e. The summed E-state index contributed by atoms with van der Waals surface area (Å²) in [5.41, 5.74) is 2.15. The zero-order chi connectivity index (χ0) is 20.8. The molecule has 0 aliphatic rings. The van der Waals surface area contributed by atoms with Gasteiger partial charge in [-0.1, -0.05) is 30.3 Å². The number of para-hydroxylation sites is 3. The molecule has 0 aliphatic heterocycles. The van der Waals surface area contributed by atoms with E-state index < -0.39 is 5.76 Å². The summed E-state index contributed by atoms with van der Waals surface area (Å²) in [6, 6.07) is 17.0. The van der Waals surface area contributed by atoms with Gasteiger partial charge in [0.2, 0.25) is 5.91 Å². The number of ether oxygens (including phenoxy) is 1. The lowest BCUT2D eigenvalue weighted by molar-refractivity contribution is -0.121. The number of benzene rings is 2. The van der Waals surface area contributed by atoms with Crippen molar-refractivity contribution in [2.45, 2.75) is 25.8 Å². The molecule has 0 spiro atoms. The van der Waals surface area contributed by atoms with Crippen LogP contribution < -0.4 is 15.8 Å². The number of hydrogen-bond acceptors (Lipinski definition) is 5. The molecule has 0 aliphatic carbocycles. The number of amides is 1. The molecule has 0 atom stereocenters. The average Bonchev–Trinajstić information content (AvgIpc) is 3.09. The Hall–Kier alpha value is -3.61. The smallest absolute Gasteiger partial charge is 0.419 e. The van der Waals surface area contributed by atoms with Crippen LogP contribution in [0.2, 0.25) is 0 Å². The van der Waals surface area contributed by atoms with Crippen LogP contribution in [0.15, 0.2) is 70.0 Å². The lowest BCUT2D eigenvalue weighted by Crippen LogP contribution is -2.26. The zero-order valence-corrected chi connectivity index (χ0v) is 16.5. The van der Waals surface area contributed by atoms with Crippen LogP contribution in [-0.4, -0.2) is 28.6 Å². The van der Waals surface area contributed by atoms with Gasteiger partial charge >= 0.3 is 5.76 Å². The number of oxazole rings is 1. The SMILES string of the molecule is O=C(CCCn1c(=O)oc2ccccc21)NCCCOc1cccc2cccnc12. The highest BCUT2D eigenvalue weighted by molar-refractivity contribution is 5.84. The van der Waals surface area contributed by atoms with E-state index in [4.69, 9.17) is 9.15 Å². The fraction of sp³-hybridized carbons (Fsp3) is 0.261. The van der Waals surface area contributed by atoms with Crippen LogP contribution in [0.3, 0.4) is 0 Å². The number of nitrogens with zero attached hydrogens (tertiary/aromatic N) is 2. The topological polar surface area (TPSA) is 86.4 Å². The Balaban J connectivity index is 1.17. The molecule has 7 heteroatoms. The number of hydrogen-bond donors (Lipinski definition) is 1. The second-order valence-corrected chi connectivity index (χ2v) is 6.97. The summed E-state index contributed by atoms with van der Waals surface area (Å²) in [6.45, 7) is 1.47. The first-order valence-corrected chi connectivity index (χ1v) is 10.0. The van der Waals surface area contributed by atoms with Crippen LogP contribution in [0.1, 0.15) is 19.3 Å². The number of aryl methyl sites for hydroxylation is 1. The predicted octanol–water partition coefficient (Wildman–Crippen LogP) is 3.51. The molecular formula is C23H23N3O4. The van der Waals surface area contributed by atoms with E-state index in [2.05, 4.69) is 10.3 Å². The standard InChI is InChI=1S/C23H23N3O4/c27-21(12-5-15-26-18-9-1-2-10-19(18)30-23(26)28)24-14-6-16-29-20-11-3-7-17-8-4-13-25-22(17)20/h1-4,7-11,13H,5-6,12,14-16H2,(H,24,27). The van der Waals surface area contributed by atoms with Gasteiger partial charge in [-0.25, -0.2) is 4.79 Å². The molecule has 1 amide bonds. The Labute approximate surface area is 173 Å². The van der Waals surface area contributed by atoms with Crippen molar-refractivity contribution < 1.29 is 13.9 Å². The van der Waals surface area contributed by atoms with Crippen LogP contribution in [0.5, 0.6) is 5.75 Å². The molecule has 0 unspecified atom stereocenters. The van der Waals surface area contributed by atoms with Gasteiger partial charge in [0, 0.05) is 31.1 Å². The summed E-state index contributed by atoms with van der Waals surface area (Å²) in [5.74, 6) is 0.316. The summed E-state index contributed by atoms with van der Waals surface area (Å²) >= 11 is 0. The van der Waals surface area contributed by atoms with Gasteiger partial charge in [-0.3, -0.25) is 14.3 Å². The number of aromatic nitrogens is 2. The van der Waals surface area contributed by atoms with E-state index in [1.807, 2.05) is 48.5 Å². The molecule has 0 saturated heterocycles. The molecule has 7 nitrogen and oxygen atoms in total. The monoisotopic (exact) mass is 405 g/mol. The van der Waals surface area contributed by atoms with Crippen molar-refractivity contribution in [3.8, 4) is 5.75 Å². The molecule has 2 heterocycles. The average molecular weight is 405 g/mol. The summed E-state index contributed by atoms with van der Waals surface area (Å²) in [7, 11) is 0. The van der Waals surface area contributed by atoms with Gasteiger partial charge in [-0.05, 0) is 37.1 Å². The molecule has 1 N–H and O–H groups in total. The van der Waals surface area contributed by atoms with Gasteiger partial charge in [-0.2, -0.15) is 0 Å². The number of pyridine rings is 1. The summed E-state index contributed by atoms with van der Waals surface area (Å²) < 4.78 is 12.6. The van der Waals surface area contributed by atoms with E-state index in [1.165, 1.54) is 0 Å². The quantitative estimate of drug-likeness (QED) is 0.431. The van der Waals surface area contributed by atoms with Crippen LogP contribution in [0, 0.1) is 0 Å². The Bertz CT molecular complexity index is 1210. The van der Waals surface area contributed by atoms with Gasteiger partial charge in [0.05, 0.1) is 12.1 Å². The number of carbonyl (C=O) groups is 1. The highest BCUT2D eigenvalue weighted by Gasteiger charge is 2.09. The Kier molecular flexibility index (Phi) is 6.08. The third kappa shape index (κ3) is 4.51. The van der Waals surface area contributed by atoms with Gasteiger partial charge in [0.15, 0.2) is 5.58 Å². The fourth-order valence-corrected chi connectivity index (χ4v) is 3.39. The van der Waals surface area contributed by atoms with Gasteiger partial charge in [0.1, 0.15) is 11.3 Å². The molecular weight excluding hydrogens is 382 g/mol. The zero-order valence-electron chi connectivity index (χ0n) is 16.5. The second kappa shape index (κ2) is 9.26. The van der Waals surface area contributed by atoms with E-state index in [9.17, 15) is 9.59 Å². The lowest BCUT2D eigenvalue weighted by Gasteiger charge is -2.09. The molecule has 0 bridgehead atoms. The van der Waals surface area contributed by atoms with Gasteiger partial charge in [-0.15, -0.1) is 0 Å². The first kappa shape index (κ1) is 19.7. The first-order valence-electron chi connectivity index (χ1n) is 10.0. The first-order chi connectivity index (χ1) is 14.7. The molecule has 30 heavy (non-hydrogen) atoms. The lowest BCUT2D eigenvalue weighted by atomic mass is 10.2. The van der Waals surface area contributed by atoms with E-state index >= 15 is 0 Å². The van der Waals surface area contributed by atoms with Crippen LogP contribution in [0.25, 0.3) is 22.0 Å². The summed E-state index contributed by atoms with van der Waals surface area (Å²) in [4.78, 5) is 28.4. The van der Waals surface area contributed by atoms with Crippen LogP contribution in [-0.2, 0) is 11.3 Å². The molecule has 4 rings (SSSR count). The van der Waals surface area contributed by atoms with Crippen molar-refractivity contribution in [1.82, 2.24) is 14.9 Å². The van der Waals surface area contributed by atoms with Crippen molar-refractivity contribution in [2.24, 2.45) is 0 Å². The third-order valence-electron chi connectivity index (χ3n) is 4.86. The van der Waals surface area contributed by atoms with Crippen molar-refractivity contribution in [2.75, 3.05) is 13.2 Å². The normalized spacial score (nSPS) is 11.1. The minimum Gasteiger partial charge on any atom is -0.491 e. The van der Waals surface area contributed by atoms with Crippen molar-refractivity contribution in [3.05, 3.63) is 71.3 Å². The fourth-order valence-electron chi connectivity index (χ4n) is 3.39. The van der Waals surface area contributed by atoms with Crippen molar-refractivity contribution >= 4 is 27.9 Å². The van der Waals surface area contributed by atoms with E-state index in [1.54, 1.807) is 16.8 Å². The number of carbonyl (C=O) groups excluding carboxylic acids is 1. The van der Waals surface area contributed by atoms with Gasteiger partial charge in [0.25, 0.3) is 0 Å². The minimum atomic E-state index is -0.392. The Morgan fingerprint density at radius 3 is 2.87 bits per heavy atom. The van der Waals surface area contributed by atoms with Gasteiger partial charge < -0.3 is 14.5 Å². The Morgan fingerprint density at radius 1 is 1.07 bits per heavy atom. The number of fused-ring (bicyclic) bond motifs is 2. The summed E-state index contributed by atoms with van der Waals surface area (Å²) in [6.07, 6.45) is 3.35. The molecule has 2 aromatic heterocycles. The van der Waals surface area contributed by atoms with Crippen molar-refractivity contribution in [1.29, 1.82) is 0 Å². The molecule has 4 aromatic rings. The molecule has 0 radical (unpaired) electrons. The van der Waals surface area contributed by atoms with Crippen LogP contribution >= 0.6 is 0 Å². The van der Waals surface area contributed by atoms with Crippen LogP contribution in [0.4, 0.5) is 0 Å².